The zero-order valence-electron chi connectivity index (χ0n) is 17.0. The predicted octanol–water partition coefficient (Wildman–Crippen LogP) is 3.48. The number of thiocarbonyl (C=S) groups is 1. The quantitative estimate of drug-likeness (QED) is 0.479. The minimum atomic E-state index is -0.733. The molecule has 2 heterocycles. The van der Waals surface area contributed by atoms with E-state index in [-0.39, 0.29) is 47.7 Å². The van der Waals surface area contributed by atoms with Crippen LogP contribution in [0.4, 0.5) is 8.78 Å². The molecule has 1 aromatic heterocycles. The Hall–Kier alpha value is -3.99. The molecule has 0 bridgehead atoms. The fourth-order valence-electron chi connectivity index (χ4n) is 2.91. The number of aromatic nitrogens is 1. The summed E-state index contributed by atoms with van der Waals surface area (Å²) in [4.78, 5) is 16.7. The van der Waals surface area contributed by atoms with Gasteiger partial charge < -0.3 is 30.0 Å². The fourth-order valence-corrected chi connectivity index (χ4v) is 2.97. The van der Waals surface area contributed by atoms with Crippen molar-refractivity contribution in [3.8, 4) is 28.9 Å². The zero-order chi connectivity index (χ0) is 23.4. The molecule has 0 saturated carbocycles. The summed E-state index contributed by atoms with van der Waals surface area (Å²) < 4.78 is 49.6. The summed E-state index contributed by atoms with van der Waals surface area (Å²) in [5.74, 6) is -0.599. The number of nitrogens with two attached hydrogens (primary N) is 1. The van der Waals surface area contributed by atoms with Crippen LogP contribution in [-0.4, -0.2) is 29.3 Å². The van der Waals surface area contributed by atoms with Crippen molar-refractivity contribution in [2.45, 2.75) is 6.54 Å². The molecular weight excluding hydrogens is 456 g/mol. The van der Waals surface area contributed by atoms with Gasteiger partial charge in [0.15, 0.2) is 11.5 Å². The van der Waals surface area contributed by atoms with Gasteiger partial charge in [0, 0.05) is 24.2 Å². The molecule has 11 heteroatoms. The molecular formula is C22H17F2N3O5S. The van der Waals surface area contributed by atoms with E-state index in [1.54, 1.807) is 18.2 Å². The first kappa shape index (κ1) is 22.2. The van der Waals surface area contributed by atoms with Crippen LogP contribution < -0.4 is 30.0 Å². The number of rotatable bonds is 8. The molecule has 0 radical (unpaired) electrons. The molecule has 1 aliphatic heterocycles. The van der Waals surface area contributed by atoms with Crippen LogP contribution in [0.5, 0.6) is 28.9 Å². The molecule has 8 nitrogen and oxygen atoms in total. The topological polar surface area (TPSA) is 105 Å². The van der Waals surface area contributed by atoms with E-state index in [9.17, 15) is 13.6 Å². The number of fused-ring (bicyclic) bond motifs is 1. The molecule has 1 aliphatic rings. The van der Waals surface area contributed by atoms with Crippen LogP contribution in [0.1, 0.15) is 15.9 Å². The van der Waals surface area contributed by atoms with Gasteiger partial charge in [0.25, 0.3) is 5.91 Å². The average molecular weight is 473 g/mol. The average Bonchev–Trinajstić information content (AvgIpc) is 3.26. The second-order valence-corrected chi connectivity index (χ2v) is 7.34. The summed E-state index contributed by atoms with van der Waals surface area (Å²) in [6, 6.07) is 9.88. The fraction of sp³-hybridized carbons (Fsp3) is 0.136. The van der Waals surface area contributed by atoms with Gasteiger partial charge in [0.2, 0.25) is 12.7 Å². The first-order valence-electron chi connectivity index (χ1n) is 9.60. The van der Waals surface area contributed by atoms with Crippen LogP contribution in [0, 0.1) is 11.6 Å². The summed E-state index contributed by atoms with van der Waals surface area (Å²) >= 11 is 4.71. The largest absolute Gasteiger partial charge is 0.486 e. The summed E-state index contributed by atoms with van der Waals surface area (Å²) in [6.45, 7) is -0.102. The van der Waals surface area contributed by atoms with Gasteiger partial charge in [-0.3, -0.25) is 4.79 Å². The van der Waals surface area contributed by atoms with Crippen LogP contribution in [0.25, 0.3) is 0 Å². The van der Waals surface area contributed by atoms with E-state index in [2.05, 4.69) is 10.3 Å². The van der Waals surface area contributed by atoms with E-state index >= 15 is 0 Å². The Morgan fingerprint density at radius 3 is 2.70 bits per heavy atom. The molecule has 33 heavy (non-hydrogen) atoms. The molecule has 3 aromatic rings. The third-order valence-electron chi connectivity index (χ3n) is 4.47. The highest BCUT2D eigenvalue weighted by molar-refractivity contribution is 7.80. The number of hydrogen-bond donors (Lipinski definition) is 2. The molecule has 0 fully saturated rings. The number of nitrogens with zero attached hydrogens (tertiary/aromatic N) is 1. The predicted molar refractivity (Wildman–Crippen MR) is 117 cm³/mol. The smallest absolute Gasteiger partial charge is 0.257 e. The third-order valence-corrected chi connectivity index (χ3v) is 4.58. The Bertz CT molecular complexity index is 1220. The SMILES string of the molecule is NC(=S)COc1ccc(CNC(=O)c2cc(F)cnc2Oc2ccc3c(c2)OCO3)c(F)c1. The van der Waals surface area contributed by atoms with Crippen molar-refractivity contribution in [3.05, 3.63) is 71.4 Å². The highest BCUT2D eigenvalue weighted by Crippen LogP contribution is 2.36. The van der Waals surface area contributed by atoms with E-state index in [1.165, 1.54) is 12.1 Å². The van der Waals surface area contributed by atoms with E-state index in [0.717, 1.165) is 18.3 Å². The Morgan fingerprint density at radius 2 is 1.91 bits per heavy atom. The number of halogens is 2. The number of carbonyl (C=O) groups excluding carboxylic acids is 1. The first-order chi connectivity index (χ1) is 15.9. The van der Waals surface area contributed by atoms with Gasteiger partial charge in [0.1, 0.15) is 40.3 Å². The maximum absolute atomic E-state index is 14.4. The highest BCUT2D eigenvalue weighted by Gasteiger charge is 2.19. The Labute approximate surface area is 192 Å². The molecule has 0 aliphatic carbocycles. The monoisotopic (exact) mass is 473 g/mol. The molecule has 0 spiro atoms. The number of ether oxygens (including phenoxy) is 4. The number of hydrogen-bond acceptors (Lipinski definition) is 7. The van der Waals surface area contributed by atoms with Crippen molar-refractivity contribution in [2.75, 3.05) is 13.4 Å². The lowest BCUT2D eigenvalue weighted by Crippen LogP contribution is -2.24. The number of pyridine rings is 1. The van der Waals surface area contributed by atoms with Crippen LogP contribution in [0.2, 0.25) is 0 Å². The van der Waals surface area contributed by atoms with Gasteiger partial charge in [-0.25, -0.2) is 13.8 Å². The Balaban J connectivity index is 1.46. The number of benzene rings is 2. The standard InChI is InChI=1S/C22H17F2N3O5S/c23-13-5-16(22(27-9-13)32-15-3-4-18-19(7-15)31-11-30-18)21(28)26-8-12-1-2-14(6-17(12)24)29-10-20(25)33/h1-7,9H,8,10-11H2,(H2,25,33)(H,26,28). The minimum Gasteiger partial charge on any atom is -0.486 e. The summed E-state index contributed by atoms with van der Waals surface area (Å²) in [7, 11) is 0. The summed E-state index contributed by atoms with van der Waals surface area (Å²) in [6.07, 6.45) is 0.921. The molecule has 3 N–H and O–H groups in total. The molecule has 2 aromatic carbocycles. The second-order valence-electron chi connectivity index (χ2n) is 6.81. The zero-order valence-corrected chi connectivity index (χ0v) is 17.8. The van der Waals surface area contributed by atoms with Crippen molar-refractivity contribution in [1.82, 2.24) is 10.3 Å². The van der Waals surface area contributed by atoms with Gasteiger partial charge in [0.05, 0.1) is 6.20 Å². The molecule has 0 atom stereocenters. The number of amides is 1. The Morgan fingerprint density at radius 1 is 1.12 bits per heavy atom. The first-order valence-corrected chi connectivity index (χ1v) is 10.0. The summed E-state index contributed by atoms with van der Waals surface area (Å²) in [5.41, 5.74) is 5.38. The molecule has 170 valence electrons. The van der Waals surface area contributed by atoms with Gasteiger partial charge in [-0.2, -0.15) is 0 Å². The maximum Gasteiger partial charge on any atom is 0.257 e. The number of nitrogens with one attached hydrogen (secondary N) is 1. The highest BCUT2D eigenvalue weighted by atomic mass is 32.1. The van der Waals surface area contributed by atoms with Crippen molar-refractivity contribution >= 4 is 23.1 Å². The maximum atomic E-state index is 14.4. The van der Waals surface area contributed by atoms with Gasteiger partial charge in [-0.1, -0.05) is 18.3 Å². The molecule has 1 amide bonds. The normalized spacial score (nSPS) is 11.7. The van der Waals surface area contributed by atoms with Crippen LogP contribution in [0.3, 0.4) is 0 Å². The van der Waals surface area contributed by atoms with Crippen LogP contribution >= 0.6 is 12.2 Å². The lowest BCUT2D eigenvalue weighted by Gasteiger charge is -2.12. The van der Waals surface area contributed by atoms with Crippen LogP contribution in [0.15, 0.2) is 48.7 Å². The van der Waals surface area contributed by atoms with E-state index < -0.39 is 17.5 Å². The molecule has 0 saturated heterocycles. The lowest BCUT2D eigenvalue weighted by atomic mass is 10.2. The van der Waals surface area contributed by atoms with Gasteiger partial charge >= 0.3 is 0 Å². The number of carbonyl (C=O) groups is 1. The van der Waals surface area contributed by atoms with Crippen LogP contribution in [-0.2, 0) is 6.54 Å². The van der Waals surface area contributed by atoms with Crippen molar-refractivity contribution in [3.63, 3.8) is 0 Å². The second kappa shape index (κ2) is 9.65. The summed E-state index contributed by atoms with van der Waals surface area (Å²) in [5, 5.41) is 2.53. The minimum absolute atomic E-state index is 0.0242. The third kappa shape index (κ3) is 5.44. The lowest BCUT2D eigenvalue weighted by molar-refractivity contribution is 0.0947. The van der Waals surface area contributed by atoms with E-state index in [1.807, 2.05) is 0 Å². The Kier molecular flexibility index (Phi) is 6.50. The van der Waals surface area contributed by atoms with Crippen molar-refractivity contribution in [1.29, 1.82) is 0 Å². The van der Waals surface area contributed by atoms with Gasteiger partial charge in [-0.05, 0) is 24.3 Å². The van der Waals surface area contributed by atoms with E-state index in [0.29, 0.717) is 17.2 Å². The molecule has 4 rings (SSSR count). The van der Waals surface area contributed by atoms with Crippen molar-refractivity contribution in [2.24, 2.45) is 5.73 Å². The van der Waals surface area contributed by atoms with E-state index in [4.69, 9.17) is 36.9 Å². The van der Waals surface area contributed by atoms with Crippen molar-refractivity contribution < 1.29 is 32.5 Å². The molecule has 0 unspecified atom stereocenters. The van der Waals surface area contributed by atoms with Gasteiger partial charge in [-0.15, -0.1) is 0 Å².